The molecular formula is C20H19ClF4O2. The van der Waals surface area contributed by atoms with Crippen LogP contribution in [0.2, 0.25) is 5.02 Å². The van der Waals surface area contributed by atoms with E-state index in [-0.39, 0.29) is 5.56 Å². The van der Waals surface area contributed by atoms with Crippen LogP contribution < -0.4 is 0 Å². The lowest BCUT2D eigenvalue weighted by molar-refractivity contribution is -0.274. The van der Waals surface area contributed by atoms with Crippen molar-refractivity contribution in [3.63, 3.8) is 0 Å². The maximum Gasteiger partial charge on any atom is 0.417 e. The molecule has 1 aliphatic heterocycles. The highest BCUT2D eigenvalue weighted by Gasteiger charge is 2.59. The molecule has 0 bridgehead atoms. The van der Waals surface area contributed by atoms with E-state index in [1.807, 2.05) is 0 Å². The van der Waals surface area contributed by atoms with E-state index in [9.17, 15) is 22.7 Å². The molecule has 3 atom stereocenters. The lowest BCUT2D eigenvalue weighted by Gasteiger charge is -2.46. The number of aryl methyl sites for hydroxylation is 1. The van der Waals surface area contributed by atoms with Crippen molar-refractivity contribution in [3.8, 4) is 0 Å². The summed E-state index contributed by atoms with van der Waals surface area (Å²) in [7, 11) is 0. The molecule has 0 aromatic heterocycles. The summed E-state index contributed by atoms with van der Waals surface area (Å²) in [5.41, 5.74) is -3.00. The molecule has 7 heteroatoms. The van der Waals surface area contributed by atoms with Crippen molar-refractivity contribution >= 4 is 11.6 Å². The Balaban J connectivity index is 1.91. The second-order valence-corrected chi connectivity index (χ2v) is 7.73. The number of hydrogen-bond acceptors (Lipinski definition) is 2. The zero-order valence-electron chi connectivity index (χ0n) is 14.8. The molecule has 0 spiro atoms. The van der Waals surface area contributed by atoms with Crippen molar-refractivity contribution < 1.29 is 27.4 Å². The van der Waals surface area contributed by atoms with Gasteiger partial charge in [0.25, 0.3) is 0 Å². The third-order valence-electron chi connectivity index (χ3n) is 4.80. The molecule has 0 amide bonds. The first-order valence-corrected chi connectivity index (χ1v) is 8.79. The molecule has 146 valence electrons. The van der Waals surface area contributed by atoms with Gasteiger partial charge in [-0.1, -0.05) is 23.7 Å². The van der Waals surface area contributed by atoms with Gasteiger partial charge in [0, 0.05) is 23.4 Å². The Hall–Kier alpha value is -1.79. The quantitative estimate of drug-likeness (QED) is 0.685. The van der Waals surface area contributed by atoms with Gasteiger partial charge < -0.3 is 9.84 Å². The molecule has 1 aromatic carbocycles. The third-order valence-corrected chi connectivity index (χ3v) is 5.02. The smallest absolute Gasteiger partial charge is 0.417 e. The van der Waals surface area contributed by atoms with E-state index in [1.54, 1.807) is 19.1 Å². The first-order valence-electron chi connectivity index (χ1n) is 8.41. The normalized spacial score (nSPS) is 26.7. The number of halogens is 5. The third kappa shape index (κ3) is 3.92. The van der Waals surface area contributed by atoms with Crippen molar-refractivity contribution in [3.05, 3.63) is 70.0 Å². The van der Waals surface area contributed by atoms with E-state index < -0.39 is 36.4 Å². The molecule has 2 nitrogen and oxygen atoms in total. The molecule has 1 aliphatic carbocycles. The van der Waals surface area contributed by atoms with Crippen LogP contribution in [-0.2, 0) is 11.2 Å². The van der Waals surface area contributed by atoms with E-state index >= 15 is 0 Å². The molecule has 1 heterocycles. The Morgan fingerprint density at radius 1 is 1.19 bits per heavy atom. The van der Waals surface area contributed by atoms with Gasteiger partial charge in [0.2, 0.25) is 0 Å². The van der Waals surface area contributed by atoms with Crippen molar-refractivity contribution in [2.45, 2.75) is 50.2 Å². The Labute approximate surface area is 159 Å². The molecule has 27 heavy (non-hydrogen) atoms. The number of allylic oxidation sites excluding steroid dienone is 3. The van der Waals surface area contributed by atoms with Crippen molar-refractivity contribution in [1.29, 1.82) is 0 Å². The predicted molar refractivity (Wildman–Crippen MR) is 95.2 cm³/mol. The maximum absolute atomic E-state index is 13.8. The summed E-state index contributed by atoms with van der Waals surface area (Å²) in [6.45, 7) is 3.17. The van der Waals surface area contributed by atoms with Crippen LogP contribution in [-0.4, -0.2) is 28.7 Å². The van der Waals surface area contributed by atoms with Gasteiger partial charge in [0.05, 0.1) is 0 Å². The summed E-state index contributed by atoms with van der Waals surface area (Å²) < 4.78 is 60.4. The highest BCUT2D eigenvalue weighted by Crippen LogP contribution is 2.49. The fraction of sp³-hybridized carbons (Fsp3) is 0.400. The van der Waals surface area contributed by atoms with Gasteiger partial charge in [-0.2, -0.15) is 13.2 Å². The molecule has 1 N–H and O–H groups in total. The summed E-state index contributed by atoms with van der Waals surface area (Å²) in [6, 6.07) is 4.59. The zero-order chi connectivity index (χ0) is 20.0. The van der Waals surface area contributed by atoms with Crippen LogP contribution >= 0.6 is 11.6 Å². The lowest BCUT2D eigenvalue weighted by Crippen LogP contribution is -2.55. The molecule has 0 radical (unpaired) electrons. The Bertz CT molecular complexity index is 823. The zero-order valence-corrected chi connectivity index (χ0v) is 15.5. The second-order valence-electron chi connectivity index (χ2n) is 7.29. The Morgan fingerprint density at radius 3 is 2.48 bits per heavy atom. The fourth-order valence-electron chi connectivity index (χ4n) is 3.58. The number of ether oxygens (including phenoxy) is 1. The Morgan fingerprint density at radius 2 is 1.85 bits per heavy atom. The van der Waals surface area contributed by atoms with Crippen LogP contribution in [0.3, 0.4) is 0 Å². The van der Waals surface area contributed by atoms with E-state index in [2.05, 4.69) is 0 Å². The van der Waals surface area contributed by atoms with Crippen LogP contribution in [0.15, 0.2) is 53.8 Å². The average molecular weight is 403 g/mol. The van der Waals surface area contributed by atoms with Crippen molar-refractivity contribution in [2.24, 2.45) is 0 Å². The average Bonchev–Trinajstić information content (AvgIpc) is 2.64. The summed E-state index contributed by atoms with van der Waals surface area (Å²) in [5.74, 6) is 0.317. The molecule has 3 rings (SSSR count). The van der Waals surface area contributed by atoms with Gasteiger partial charge in [-0.3, -0.25) is 0 Å². The summed E-state index contributed by atoms with van der Waals surface area (Å²) in [4.78, 5) is 0. The number of hydrogen-bond donors (Lipinski definition) is 1. The minimum Gasteiger partial charge on any atom is -0.482 e. The molecule has 0 saturated carbocycles. The van der Waals surface area contributed by atoms with Gasteiger partial charge in [0.1, 0.15) is 17.5 Å². The number of aliphatic hydroxyl groups is 1. The van der Waals surface area contributed by atoms with E-state index in [0.717, 1.165) is 0 Å². The highest BCUT2D eigenvalue weighted by molar-refractivity contribution is 6.30. The minimum absolute atomic E-state index is 0.275. The summed E-state index contributed by atoms with van der Waals surface area (Å²) >= 11 is 5.94. The van der Waals surface area contributed by atoms with Gasteiger partial charge in [-0.15, -0.1) is 0 Å². The van der Waals surface area contributed by atoms with Crippen LogP contribution in [0.25, 0.3) is 0 Å². The summed E-state index contributed by atoms with van der Waals surface area (Å²) in [5, 5.41) is 10.9. The lowest BCUT2D eigenvalue weighted by atomic mass is 9.76. The van der Waals surface area contributed by atoms with Crippen LogP contribution in [0.5, 0.6) is 0 Å². The van der Waals surface area contributed by atoms with Crippen LogP contribution in [0, 0.1) is 6.92 Å². The van der Waals surface area contributed by atoms with E-state index in [1.165, 1.54) is 37.3 Å². The largest absolute Gasteiger partial charge is 0.482 e. The fourth-order valence-corrected chi connectivity index (χ4v) is 3.90. The highest BCUT2D eigenvalue weighted by atomic mass is 35.5. The first kappa shape index (κ1) is 20.0. The maximum atomic E-state index is 13.8. The van der Waals surface area contributed by atoms with Crippen molar-refractivity contribution in [2.75, 3.05) is 0 Å². The molecule has 0 fully saturated rings. The summed E-state index contributed by atoms with van der Waals surface area (Å²) in [6.07, 6.45) is -2.29. The number of rotatable bonds is 4. The van der Waals surface area contributed by atoms with Crippen molar-refractivity contribution in [1.82, 2.24) is 0 Å². The van der Waals surface area contributed by atoms with Gasteiger partial charge in [-0.25, -0.2) is 4.39 Å². The molecule has 2 aliphatic rings. The molecule has 1 aromatic rings. The van der Waals surface area contributed by atoms with Crippen LogP contribution in [0.1, 0.15) is 24.5 Å². The number of benzene rings is 1. The van der Waals surface area contributed by atoms with Gasteiger partial charge in [-0.05, 0) is 55.3 Å². The SMILES string of the molecule is Cc1cc(Cl)cc(CC(O)(CC2(C)OC3=C2C=CC(F)C=C3)C(F)(F)F)c1. The molecule has 0 saturated heterocycles. The van der Waals surface area contributed by atoms with E-state index in [4.69, 9.17) is 16.3 Å². The van der Waals surface area contributed by atoms with Crippen LogP contribution in [0.4, 0.5) is 17.6 Å². The first-order chi connectivity index (χ1) is 12.4. The molecular weight excluding hydrogens is 384 g/mol. The monoisotopic (exact) mass is 402 g/mol. The van der Waals surface area contributed by atoms with Gasteiger partial charge >= 0.3 is 6.18 Å². The standard InChI is InChI=1S/C20H19ClF4O2/c1-12-7-13(9-14(21)8-12)10-19(26,20(23,24)25)11-18(2)16-5-3-15(22)4-6-17(16)27-18/h3-9,15,26H,10-11H2,1-2H3. The minimum atomic E-state index is -4.89. The Kier molecular flexibility index (Phi) is 4.93. The van der Waals surface area contributed by atoms with Gasteiger partial charge in [0.15, 0.2) is 5.60 Å². The van der Waals surface area contributed by atoms with E-state index in [0.29, 0.717) is 21.9 Å². The topological polar surface area (TPSA) is 29.5 Å². The number of alkyl halides is 4. The predicted octanol–water partition coefficient (Wildman–Crippen LogP) is 5.38. The molecule has 3 unspecified atom stereocenters. The second kappa shape index (κ2) is 6.67.